The first kappa shape index (κ1) is 19.1. The smallest absolute Gasteiger partial charge is 0.225 e. The molecule has 3 fully saturated rings. The molecular formula is C20H34N6O. The first-order chi connectivity index (χ1) is 13.3. The molecule has 0 saturated carbocycles. The van der Waals surface area contributed by atoms with E-state index in [1.54, 1.807) is 0 Å². The summed E-state index contributed by atoms with van der Waals surface area (Å²) in [4.78, 5) is 18.7. The average Bonchev–Trinajstić information content (AvgIpc) is 2.72. The Balaban J connectivity index is 1.19. The zero-order valence-electron chi connectivity index (χ0n) is 16.7. The molecule has 7 heteroatoms. The molecule has 1 atom stereocenters. The lowest BCUT2D eigenvalue weighted by Crippen LogP contribution is -2.53. The van der Waals surface area contributed by atoms with Gasteiger partial charge in [0.05, 0.1) is 12.7 Å². The van der Waals surface area contributed by atoms with E-state index in [1.165, 1.54) is 45.6 Å². The van der Waals surface area contributed by atoms with E-state index in [0.717, 1.165) is 51.2 Å². The van der Waals surface area contributed by atoms with E-state index in [4.69, 9.17) is 4.74 Å². The van der Waals surface area contributed by atoms with Gasteiger partial charge in [0, 0.05) is 64.8 Å². The molecule has 0 amide bonds. The van der Waals surface area contributed by atoms with Gasteiger partial charge in [-0.2, -0.15) is 0 Å². The van der Waals surface area contributed by atoms with Gasteiger partial charge in [-0.15, -0.1) is 0 Å². The highest BCUT2D eigenvalue weighted by Gasteiger charge is 2.27. The van der Waals surface area contributed by atoms with Crippen LogP contribution in [-0.2, 0) is 4.74 Å². The van der Waals surface area contributed by atoms with Gasteiger partial charge in [-0.3, -0.25) is 4.90 Å². The van der Waals surface area contributed by atoms with Crippen LogP contribution in [0.5, 0.6) is 0 Å². The molecule has 1 aromatic heterocycles. The predicted octanol–water partition coefficient (Wildman–Crippen LogP) is 0.641. The number of morpholine rings is 1. The number of anilines is 1. The minimum atomic E-state index is 0.253. The third-order valence-corrected chi connectivity index (χ3v) is 6.26. The summed E-state index contributed by atoms with van der Waals surface area (Å²) in [5.41, 5.74) is 0. The van der Waals surface area contributed by atoms with Crippen molar-refractivity contribution in [2.24, 2.45) is 5.92 Å². The minimum absolute atomic E-state index is 0.253. The van der Waals surface area contributed by atoms with Crippen molar-refractivity contribution in [2.75, 3.05) is 84.0 Å². The van der Waals surface area contributed by atoms with E-state index in [0.29, 0.717) is 0 Å². The number of aromatic nitrogens is 2. The Bertz CT molecular complexity index is 557. The van der Waals surface area contributed by atoms with Crippen LogP contribution in [0.15, 0.2) is 18.5 Å². The van der Waals surface area contributed by atoms with E-state index in [1.807, 2.05) is 18.5 Å². The van der Waals surface area contributed by atoms with Crippen molar-refractivity contribution in [2.45, 2.75) is 18.9 Å². The minimum Gasteiger partial charge on any atom is -0.373 e. The lowest BCUT2D eigenvalue weighted by Gasteiger charge is -2.40. The SMILES string of the molecule is CN1CCC(CN2CCN(CC3CN(c4ncccn4)CCO3)CC2)CC1. The highest BCUT2D eigenvalue weighted by molar-refractivity contribution is 5.29. The first-order valence-electron chi connectivity index (χ1n) is 10.5. The van der Waals surface area contributed by atoms with Crippen LogP contribution < -0.4 is 4.90 Å². The molecule has 0 radical (unpaired) electrons. The normalized spacial score (nSPS) is 27.1. The molecule has 1 unspecified atom stereocenters. The Morgan fingerprint density at radius 3 is 2.30 bits per heavy atom. The monoisotopic (exact) mass is 374 g/mol. The molecule has 0 aliphatic carbocycles. The summed E-state index contributed by atoms with van der Waals surface area (Å²) in [6.07, 6.45) is 6.61. The van der Waals surface area contributed by atoms with Gasteiger partial charge in [-0.1, -0.05) is 0 Å². The average molecular weight is 375 g/mol. The molecule has 4 rings (SSSR count). The molecule has 3 aliphatic heterocycles. The first-order valence-corrected chi connectivity index (χ1v) is 10.5. The third-order valence-electron chi connectivity index (χ3n) is 6.26. The molecular weight excluding hydrogens is 340 g/mol. The quantitative estimate of drug-likeness (QED) is 0.750. The van der Waals surface area contributed by atoms with Crippen LogP contribution in [0.2, 0.25) is 0 Å². The Morgan fingerprint density at radius 2 is 1.59 bits per heavy atom. The van der Waals surface area contributed by atoms with Gasteiger partial charge in [0.15, 0.2) is 0 Å². The third kappa shape index (κ3) is 5.38. The number of likely N-dealkylation sites (tertiary alicyclic amines) is 1. The Labute approximate surface area is 163 Å². The second-order valence-corrected chi connectivity index (χ2v) is 8.34. The van der Waals surface area contributed by atoms with Crippen molar-refractivity contribution in [1.29, 1.82) is 0 Å². The second kappa shape index (κ2) is 9.28. The van der Waals surface area contributed by atoms with Gasteiger partial charge in [-0.25, -0.2) is 9.97 Å². The Morgan fingerprint density at radius 1 is 0.926 bits per heavy atom. The van der Waals surface area contributed by atoms with Crippen LogP contribution in [0.3, 0.4) is 0 Å². The molecule has 0 N–H and O–H groups in total. The number of nitrogens with zero attached hydrogens (tertiary/aromatic N) is 6. The van der Waals surface area contributed by atoms with E-state index in [-0.39, 0.29) is 6.10 Å². The van der Waals surface area contributed by atoms with Gasteiger partial charge in [0.1, 0.15) is 0 Å². The molecule has 4 heterocycles. The molecule has 3 saturated heterocycles. The fourth-order valence-corrected chi connectivity index (χ4v) is 4.52. The van der Waals surface area contributed by atoms with Gasteiger partial charge in [0.2, 0.25) is 5.95 Å². The molecule has 3 aliphatic rings. The van der Waals surface area contributed by atoms with Gasteiger partial charge >= 0.3 is 0 Å². The van der Waals surface area contributed by atoms with Crippen LogP contribution in [0.25, 0.3) is 0 Å². The van der Waals surface area contributed by atoms with Crippen molar-refractivity contribution >= 4 is 5.95 Å². The van der Waals surface area contributed by atoms with Crippen LogP contribution >= 0.6 is 0 Å². The van der Waals surface area contributed by atoms with Crippen molar-refractivity contribution in [3.8, 4) is 0 Å². The van der Waals surface area contributed by atoms with E-state index in [9.17, 15) is 0 Å². The van der Waals surface area contributed by atoms with Crippen molar-refractivity contribution in [3.63, 3.8) is 0 Å². The van der Waals surface area contributed by atoms with E-state index in [2.05, 4.69) is 36.6 Å². The molecule has 150 valence electrons. The van der Waals surface area contributed by atoms with Crippen LogP contribution in [-0.4, -0.2) is 110 Å². The molecule has 0 bridgehead atoms. The van der Waals surface area contributed by atoms with Gasteiger partial charge < -0.3 is 19.4 Å². The summed E-state index contributed by atoms with van der Waals surface area (Å²) in [5, 5.41) is 0. The lowest BCUT2D eigenvalue weighted by molar-refractivity contribution is 0.00244. The molecule has 7 nitrogen and oxygen atoms in total. The van der Waals surface area contributed by atoms with Gasteiger partial charge in [-0.05, 0) is 45.0 Å². The van der Waals surface area contributed by atoms with Gasteiger partial charge in [0.25, 0.3) is 0 Å². The maximum atomic E-state index is 6.03. The number of hydrogen-bond donors (Lipinski definition) is 0. The molecule has 0 aromatic carbocycles. The van der Waals surface area contributed by atoms with E-state index >= 15 is 0 Å². The number of ether oxygens (including phenoxy) is 1. The fraction of sp³-hybridized carbons (Fsp3) is 0.800. The predicted molar refractivity (Wildman–Crippen MR) is 107 cm³/mol. The van der Waals surface area contributed by atoms with Crippen molar-refractivity contribution in [3.05, 3.63) is 18.5 Å². The van der Waals surface area contributed by atoms with E-state index < -0.39 is 0 Å². The van der Waals surface area contributed by atoms with Crippen molar-refractivity contribution in [1.82, 2.24) is 24.7 Å². The highest BCUT2D eigenvalue weighted by Crippen LogP contribution is 2.19. The summed E-state index contributed by atoms with van der Waals surface area (Å²) in [7, 11) is 2.24. The summed E-state index contributed by atoms with van der Waals surface area (Å²) >= 11 is 0. The zero-order valence-corrected chi connectivity index (χ0v) is 16.7. The second-order valence-electron chi connectivity index (χ2n) is 8.34. The maximum absolute atomic E-state index is 6.03. The topological polar surface area (TPSA) is 48.0 Å². The molecule has 27 heavy (non-hydrogen) atoms. The Hall–Kier alpha value is -1.28. The summed E-state index contributed by atoms with van der Waals surface area (Å²) in [5.74, 6) is 1.72. The van der Waals surface area contributed by atoms with Crippen LogP contribution in [0, 0.1) is 5.92 Å². The summed E-state index contributed by atoms with van der Waals surface area (Å²) in [6.45, 7) is 12.1. The number of piperazine rings is 1. The summed E-state index contributed by atoms with van der Waals surface area (Å²) < 4.78 is 6.03. The molecule has 1 aromatic rings. The van der Waals surface area contributed by atoms with Crippen LogP contribution in [0.1, 0.15) is 12.8 Å². The number of piperidine rings is 1. The fourth-order valence-electron chi connectivity index (χ4n) is 4.52. The molecule has 0 spiro atoms. The van der Waals surface area contributed by atoms with Crippen LogP contribution in [0.4, 0.5) is 5.95 Å². The van der Waals surface area contributed by atoms with Crippen molar-refractivity contribution < 1.29 is 4.74 Å². The number of rotatable bonds is 5. The number of hydrogen-bond acceptors (Lipinski definition) is 7. The standard InChI is InChI=1S/C20H34N6O/c1-23-7-3-18(4-8-23)15-24-9-11-25(12-10-24)16-19-17-26(13-14-27-19)20-21-5-2-6-22-20/h2,5-6,18-19H,3-4,7-17H2,1H3. The Kier molecular flexibility index (Phi) is 6.55. The lowest BCUT2D eigenvalue weighted by atomic mass is 9.96. The largest absolute Gasteiger partial charge is 0.373 e. The maximum Gasteiger partial charge on any atom is 0.225 e. The highest BCUT2D eigenvalue weighted by atomic mass is 16.5. The zero-order chi connectivity index (χ0) is 18.5. The summed E-state index contributed by atoms with van der Waals surface area (Å²) in [6, 6.07) is 1.87.